The van der Waals surface area contributed by atoms with Crippen molar-refractivity contribution in [3.8, 4) is 0 Å². The van der Waals surface area contributed by atoms with Crippen molar-refractivity contribution in [2.24, 2.45) is 5.41 Å². The number of benzene rings is 7. The molecule has 1 N–H and O–H groups in total. The quantitative estimate of drug-likeness (QED) is 0.209. The van der Waals surface area contributed by atoms with Crippen LogP contribution in [0.2, 0.25) is 0 Å². The molecule has 8 aromatic rings. The van der Waals surface area contributed by atoms with Crippen LogP contribution in [0.1, 0.15) is 63.8 Å². The highest BCUT2D eigenvalue weighted by Crippen LogP contribution is 2.91. The van der Waals surface area contributed by atoms with Crippen molar-refractivity contribution < 1.29 is 9.90 Å². The van der Waals surface area contributed by atoms with Crippen molar-refractivity contribution >= 4 is 82.3 Å². The zero-order valence-corrected chi connectivity index (χ0v) is 24.4. The van der Waals surface area contributed by atoms with Gasteiger partial charge in [-0.2, -0.15) is 0 Å². The second-order valence-corrected chi connectivity index (χ2v) is 15.1. The minimum atomic E-state index is -0.696. The Morgan fingerprint density at radius 1 is 0.711 bits per heavy atom. The zero-order valence-electron chi connectivity index (χ0n) is 24.4. The maximum atomic E-state index is 12.0. The first kappa shape index (κ1) is 21.7. The summed E-state index contributed by atoms with van der Waals surface area (Å²) in [5.41, 5.74) is 12.8. The van der Waals surface area contributed by atoms with E-state index in [-0.39, 0.29) is 22.7 Å². The van der Waals surface area contributed by atoms with Gasteiger partial charge in [0.15, 0.2) is 0 Å². The maximum Gasteiger partial charge on any atom is 0.303 e. The molecule has 208 valence electrons. The van der Waals surface area contributed by atoms with E-state index in [0.29, 0.717) is 6.42 Å². The van der Waals surface area contributed by atoms with Crippen LogP contribution in [0.25, 0.3) is 76.3 Å². The molecular formula is C43H24O2. The summed E-state index contributed by atoms with van der Waals surface area (Å²) >= 11 is 0. The summed E-state index contributed by atoms with van der Waals surface area (Å²) < 4.78 is 0. The summed E-state index contributed by atoms with van der Waals surface area (Å²) in [5.74, 6) is -0.696. The van der Waals surface area contributed by atoms with E-state index in [2.05, 4.69) is 78.9 Å². The number of hydrogen-bond acceptors (Lipinski definition) is 1. The van der Waals surface area contributed by atoms with E-state index in [4.69, 9.17) is 0 Å². The lowest BCUT2D eigenvalue weighted by molar-refractivity contribution is -0.137. The van der Waals surface area contributed by atoms with Crippen molar-refractivity contribution in [3.63, 3.8) is 0 Å². The third-order valence-electron chi connectivity index (χ3n) is 13.9. The minimum Gasteiger partial charge on any atom is -0.481 e. The largest absolute Gasteiger partial charge is 0.481 e. The van der Waals surface area contributed by atoms with E-state index in [1.54, 1.807) is 16.5 Å². The lowest BCUT2D eigenvalue weighted by atomic mass is 9.70. The molecule has 0 bridgehead atoms. The van der Waals surface area contributed by atoms with Gasteiger partial charge in [-0.15, -0.1) is 0 Å². The molecular weight excluding hydrogens is 548 g/mol. The lowest BCUT2D eigenvalue weighted by Gasteiger charge is -2.31. The Hall–Kier alpha value is -4.95. The summed E-state index contributed by atoms with van der Waals surface area (Å²) in [7, 11) is 0. The molecule has 0 aromatic heterocycles. The predicted octanol–water partition coefficient (Wildman–Crippen LogP) is 9.60. The highest BCUT2D eigenvalue weighted by atomic mass is 16.4. The van der Waals surface area contributed by atoms with E-state index >= 15 is 0 Å². The summed E-state index contributed by atoms with van der Waals surface area (Å²) in [6.45, 7) is 0. The molecule has 0 amide bonds. The molecule has 1 spiro atoms. The Labute approximate surface area is 257 Å². The van der Waals surface area contributed by atoms with Gasteiger partial charge in [0.2, 0.25) is 0 Å². The monoisotopic (exact) mass is 572 g/mol. The van der Waals surface area contributed by atoms with E-state index in [0.717, 1.165) is 19.3 Å². The number of rotatable bonds is 5. The van der Waals surface area contributed by atoms with Gasteiger partial charge in [0.1, 0.15) is 0 Å². The Morgan fingerprint density at radius 3 is 2.20 bits per heavy atom. The molecule has 14 rings (SSSR count). The van der Waals surface area contributed by atoms with Crippen LogP contribution in [0.3, 0.4) is 0 Å². The third kappa shape index (κ3) is 1.71. The van der Waals surface area contributed by atoms with Gasteiger partial charge in [0.05, 0.1) is 0 Å². The molecule has 0 radical (unpaired) electrons. The summed E-state index contributed by atoms with van der Waals surface area (Å²) in [5, 5.41) is 27.8. The van der Waals surface area contributed by atoms with Crippen molar-refractivity contribution in [1.82, 2.24) is 0 Å². The second kappa shape index (κ2) is 6.00. The Balaban J connectivity index is 1.31. The highest BCUT2D eigenvalue weighted by Gasteiger charge is 2.89. The fraction of sp³-hybridized carbons (Fsp3) is 0.186. The van der Waals surface area contributed by atoms with Crippen LogP contribution in [-0.2, 0) is 28.5 Å². The summed E-state index contributed by atoms with van der Waals surface area (Å²) in [6.07, 6.45) is 11.5. The van der Waals surface area contributed by atoms with Gasteiger partial charge in [-0.25, -0.2) is 0 Å². The molecule has 8 aromatic carbocycles. The molecule has 45 heavy (non-hydrogen) atoms. The van der Waals surface area contributed by atoms with Crippen molar-refractivity contribution in [3.05, 3.63) is 117 Å². The molecule has 0 saturated heterocycles. The fourth-order valence-electron chi connectivity index (χ4n) is 13.1. The van der Waals surface area contributed by atoms with Gasteiger partial charge in [-0.3, -0.25) is 4.79 Å². The van der Waals surface area contributed by atoms with Gasteiger partial charge >= 0.3 is 5.97 Å². The standard InChI is InChI=1S/C43H24O2/c44-27(45)7-4-11-42(26-5-2-1-3-6-26)41-12-10-21-15-24-16-22-13-19-8-9-20-14-23-17-25(18-41)33-32(23)35-29(20)28(19)34-30(22)31(24)37-38(36(34)35)40(33)43(41,42)39(21)37/h1-3,5-6,8-10,12-15,18H,4,7,11,16-17H2,(H,44,45). The fourth-order valence-corrected chi connectivity index (χ4v) is 13.1. The Bertz CT molecular complexity index is 2920. The molecule has 0 aliphatic heterocycles. The van der Waals surface area contributed by atoms with Crippen LogP contribution < -0.4 is 0 Å². The van der Waals surface area contributed by atoms with E-state index in [1.807, 2.05) is 0 Å². The highest BCUT2D eigenvalue weighted by molar-refractivity contribution is 6.52. The SMILES string of the molecule is O=C(O)CCCC1(c2ccccc2)C23C=Cc4cc5c6c7c4C21c1c2c4c(cc8ccc9cc(c6c6c9c8c4c6c17)C5)CC2=C3. The van der Waals surface area contributed by atoms with Gasteiger partial charge < -0.3 is 5.11 Å². The molecule has 6 aliphatic carbocycles. The normalized spacial score (nSPS) is 26.8. The molecule has 0 heterocycles. The van der Waals surface area contributed by atoms with Crippen molar-refractivity contribution in [2.45, 2.75) is 42.9 Å². The van der Waals surface area contributed by atoms with Crippen LogP contribution in [0.15, 0.2) is 72.8 Å². The van der Waals surface area contributed by atoms with Gasteiger partial charge in [0.25, 0.3) is 0 Å². The van der Waals surface area contributed by atoms with E-state index in [9.17, 15) is 9.90 Å². The van der Waals surface area contributed by atoms with Crippen LogP contribution in [0, 0.1) is 5.41 Å². The first-order valence-electron chi connectivity index (χ1n) is 16.6. The van der Waals surface area contributed by atoms with Gasteiger partial charge in [-0.1, -0.05) is 78.9 Å². The van der Waals surface area contributed by atoms with Gasteiger partial charge in [0, 0.05) is 22.7 Å². The first-order valence-corrected chi connectivity index (χ1v) is 16.6. The van der Waals surface area contributed by atoms with Gasteiger partial charge in [-0.05, 0) is 140 Å². The zero-order chi connectivity index (χ0) is 28.9. The van der Waals surface area contributed by atoms with Crippen LogP contribution in [-0.4, -0.2) is 11.1 Å². The number of carboxylic acids is 1. The number of carbonyl (C=O) groups is 1. The Kier molecular flexibility index (Phi) is 2.89. The Morgan fingerprint density at radius 2 is 1.40 bits per heavy atom. The average molecular weight is 573 g/mol. The van der Waals surface area contributed by atoms with E-state index in [1.165, 1.54) is 98.2 Å². The first-order chi connectivity index (χ1) is 22.1. The maximum absolute atomic E-state index is 12.0. The molecule has 3 atom stereocenters. The topological polar surface area (TPSA) is 37.3 Å². The third-order valence-corrected chi connectivity index (χ3v) is 13.9. The molecule has 2 heteroatoms. The number of aliphatic carboxylic acids is 1. The van der Waals surface area contributed by atoms with Crippen LogP contribution in [0.4, 0.5) is 0 Å². The van der Waals surface area contributed by atoms with Crippen LogP contribution >= 0.6 is 0 Å². The number of carboxylic acid groups (broad SMARTS) is 1. The summed E-state index contributed by atoms with van der Waals surface area (Å²) in [6, 6.07) is 23.6. The lowest BCUT2D eigenvalue weighted by Crippen LogP contribution is -2.25. The van der Waals surface area contributed by atoms with Crippen molar-refractivity contribution in [2.75, 3.05) is 0 Å². The van der Waals surface area contributed by atoms with Crippen LogP contribution in [0.5, 0.6) is 0 Å². The molecule has 6 aliphatic rings. The van der Waals surface area contributed by atoms with E-state index < -0.39 is 5.97 Å². The summed E-state index contributed by atoms with van der Waals surface area (Å²) in [4.78, 5) is 12.0. The number of hydrogen-bond donors (Lipinski definition) is 1. The smallest absolute Gasteiger partial charge is 0.303 e. The molecule has 2 nitrogen and oxygen atoms in total. The molecule has 1 fully saturated rings. The molecule has 3 unspecified atom stereocenters. The second-order valence-electron chi connectivity index (χ2n) is 15.1. The van der Waals surface area contributed by atoms with Crippen molar-refractivity contribution in [1.29, 1.82) is 0 Å². The predicted molar refractivity (Wildman–Crippen MR) is 181 cm³/mol. The number of allylic oxidation sites excluding steroid dienone is 3. The molecule has 1 saturated carbocycles. The average Bonchev–Trinajstić information content (AvgIpc) is 3.54. The minimum absolute atomic E-state index is 0.206.